The molecule has 3 aromatic carbocycles. The van der Waals surface area contributed by atoms with Crippen molar-refractivity contribution in [1.82, 2.24) is 0 Å². The first kappa shape index (κ1) is 16.7. The zero-order valence-electron chi connectivity index (χ0n) is 13.6. The van der Waals surface area contributed by atoms with Gasteiger partial charge in [-0.1, -0.05) is 66.7 Å². The third-order valence-corrected chi connectivity index (χ3v) is 3.66. The average molecular weight is 332 g/mol. The van der Waals surface area contributed by atoms with Crippen molar-refractivity contribution in [3.63, 3.8) is 0 Å². The Balaban J connectivity index is 1.59. The molecule has 0 amide bonds. The predicted molar refractivity (Wildman–Crippen MR) is 99.5 cm³/mol. The van der Waals surface area contributed by atoms with Crippen LogP contribution in [0.3, 0.4) is 0 Å². The highest BCUT2D eigenvalue weighted by molar-refractivity contribution is 5.87. The van der Waals surface area contributed by atoms with Gasteiger partial charge in [-0.15, -0.1) is 0 Å². The SMILES string of the molecule is O=C(/C=C/c1ccccc1)OC/C(F)=C/c1ccc2ccccc2c1. The monoisotopic (exact) mass is 332 g/mol. The normalized spacial score (nSPS) is 11.8. The summed E-state index contributed by atoms with van der Waals surface area (Å²) in [6.07, 6.45) is 4.30. The van der Waals surface area contributed by atoms with Gasteiger partial charge in [0.15, 0.2) is 0 Å². The molecule has 0 saturated carbocycles. The Morgan fingerprint density at radius 1 is 0.880 bits per heavy atom. The van der Waals surface area contributed by atoms with E-state index in [-0.39, 0.29) is 6.61 Å². The zero-order valence-corrected chi connectivity index (χ0v) is 13.6. The van der Waals surface area contributed by atoms with Crippen molar-refractivity contribution < 1.29 is 13.9 Å². The molecule has 25 heavy (non-hydrogen) atoms. The summed E-state index contributed by atoms with van der Waals surface area (Å²) in [7, 11) is 0. The van der Waals surface area contributed by atoms with Gasteiger partial charge in [0.25, 0.3) is 0 Å². The molecule has 0 N–H and O–H groups in total. The van der Waals surface area contributed by atoms with Crippen molar-refractivity contribution in [1.29, 1.82) is 0 Å². The summed E-state index contributed by atoms with van der Waals surface area (Å²) in [6, 6.07) is 22.9. The number of rotatable bonds is 5. The summed E-state index contributed by atoms with van der Waals surface area (Å²) in [6.45, 7) is -0.384. The highest BCUT2D eigenvalue weighted by Gasteiger charge is 2.02. The molecule has 0 aliphatic carbocycles. The Labute approximate surface area is 145 Å². The van der Waals surface area contributed by atoms with Crippen molar-refractivity contribution in [2.45, 2.75) is 0 Å². The lowest BCUT2D eigenvalue weighted by Gasteiger charge is -2.02. The van der Waals surface area contributed by atoms with Crippen LogP contribution in [-0.2, 0) is 9.53 Å². The number of hydrogen-bond donors (Lipinski definition) is 0. The van der Waals surface area contributed by atoms with E-state index in [4.69, 9.17) is 4.74 Å². The largest absolute Gasteiger partial charge is 0.455 e. The van der Waals surface area contributed by atoms with Gasteiger partial charge in [-0.05, 0) is 40.1 Å². The molecular weight excluding hydrogens is 315 g/mol. The van der Waals surface area contributed by atoms with Gasteiger partial charge in [-0.25, -0.2) is 9.18 Å². The molecule has 0 saturated heterocycles. The molecule has 0 bridgehead atoms. The second-order valence-electron chi connectivity index (χ2n) is 5.55. The first-order chi connectivity index (χ1) is 12.2. The van der Waals surface area contributed by atoms with Crippen LogP contribution in [-0.4, -0.2) is 12.6 Å². The first-order valence-corrected chi connectivity index (χ1v) is 7.95. The number of fused-ring (bicyclic) bond motifs is 1. The second-order valence-corrected chi connectivity index (χ2v) is 5.55. The number of carbonyl (C=O) groups is 1. The van der Waals surface area contributed by atoms with Gasteiger partial charge in [0.2, 0.25) is 0 Å². The summed E-state index contributed by atoms with van der Waals surface area (Å²) < 4.78 is 18.9. The van der Waals surface area contributed by atoms with Crippen LogP contribution in [0.1, 0.15) is 11.1 Å². The molecule has 0 aliphatic rings. The Kier molecular flexibility index (Phi) is 5.37. The third-order valence-electron chi connectivity index (χ3n) is 3.66. The fourth-order valence-corrected chi connectivity index (χ4v) is 2.44. The minimum atomic E-state index is -0.578. The average Bonchev–Trinajstić information content (AvgIpc) is 2.65. The molecule has 0 spiro atoms. The lowest BCUT2D eigenvalue weighted by molar-refractivity contribution is -0.137. The molecule has 124 valence electrons. The predicted octanol–water partition coefficient (Wildman–Crippen LogP) is 5.41. The molecule has 0 fully saturated rings. The van der Waals surface area contributed by atoms with E-state index in [0.717, 1.165) is 21.9 Å². The van der Waals surface area contributed by atoms with Crippen LogP contribution in [0.2, 0.25) is 0 Å². The van der Waals surface area contributed by atoms with Gasteiger partial charge in [0, 0.05) is 6.08 Å². The lowest BCUT2D eigenvalue weighted by atomic mass is 10.1. The Morgan fingerprint density at radius 3 is 2.40 bits per heavy atom. The molecule has 3 rings (SSSR count). The molecular formula is C22H17FO2. The maximum absolute atomic E-state index is 14.0. The molecule has 0 aliphatic heterocycles. The van der Waals surface area contributed by atoms with E-state index in [1.54, 1.807) is 6.08 Å². The highest BCUT2D eigenvalue weighted by atomic mass is 19.1. The van der Waals surface area contributed by atoms with Crippen molar-refractivity contribution >= 4 is 28.9 Å². The molecule has 0 heterocycles. The summed E-state index contributed by atoms with van der Waals surface area (Å²) in [5.74, 6) is -1.08. The van der Waals surface area contributed by atoms with Gasteiger partial charge >= 0.3 is 5.97 Å². The van der Waals surface area contributed by atoms with Crippen molar-refractivity contribution in [2.75, 3.05) is 6.61 Å². The molecule has 3 aromatic rings. The van der Waals surface area contributed by atoms with E-state index < -0.39 is 11.8 Å². The van der Waals surface area contributed by atoms with Crippen molar-refractivity contribution in [3.8, 4) is 0 Å². The van der Waals surface area contributed by atoms with Crippen molar-refractivity contribution in [2.24, 2.45) is 0 Å². The number of esters is 1. The second kappa shape index (κ2) is 8.06. The quantitative estimate of drug-likeness (QED) is 0.461. The first-order valence-electron chi connectivity index (χ1n) is 7.95. The maximum Gasteiger partial charge on any atom is 0.331 e. The number of benzene rings is 3. The smallest absolute Gasteiger partial charge is 0.331 e. The van der Waals surface area contributed by atoms with E-state index in [1.807, 2.05) is 72.8 Å². The van der Waals surface area contributed by atoms with Crippen LogP contribution in [0.15, 0.2) is 84.7 Å². The Morgan fingerprint density at radius 2 is 1.60 bits per heavy atom. The summed E-state index contributed by atoms with van der Waals surface area (Å²) in [4.78, 5) is 11.6. The van der Waals surface area contributed by atoms with Gasteiger partial charge in [-0.2, -0.15) is 0 Å². The minimum Gasteiger partial charge on any atom is -0.455 e. The highest BCUT2D eigenvalue weighted by Crippen LogP contribution is 2.18. The maximum atomic E-state index is 14.0. The standard InChI is InChI=1S/C22H17FO2/c23-21(15-18-10-12-19-8-4-5-9-20(19)14-18)16-25-22(24)13-11-17-6-2-1-3-7-17/h1-15H,16H2/b13-11+,21-15-. The van der Waals surface area contributed by atoms with E-state index in [1.165, 1.54) is 12.2 Å². The van der Waals surface area contributed by atoms with Crippen LogP contribution < -0.4 is 0 Å². The fraction of sp³-hybridized carbons (Fsp3) is 0.0455. The summed E-state index contributed by atoms with van der Waals surface area (Å²) >= 11 is 0. The minimum absolute atomic E-state index is 0.384. The molecule has 3 heteroatoms. The van der Waals surface area contributed by atoms with Crippen LogP contribution in [0.5, 0.6) is 0 Å². The molecule has 0 aromatic heterocycles. The van der Waals surface area contributed by atoms with E-state index >= 15 is 0 Å². The van der Waals surface area contributed by atoms with Gasteiger partial charge in [-0.3, -0.25) is 0 Å². The van der Waals surface area contributed by atoms with Crippen molar-refractivity contribution in [3.05, 3.63) is 95.8 Å². The molecule has 0 radical (unpaired) electrons. The molecule has 0 unspecified atom stereocenters. The molecule has 0 atom stereocenters. The van der Waals surface area contributed by atoms with Crippen LogP contribution >= 0.6 is 0 Å². The summed E-state index contributed by atoms with van der Waals surface area (Å²) in [5, 5.41) is 2.13. The number of halogens is 1. The van der Waals surface area contributed by atoms with Crippen LogP contribution in [0.25, 0.3) is 22.9 Å². The van der Waals surface area contributed by atoms with Crippen LogP contribution in [0, 0.1) is 0 Å². The van der Waals surface area contributed by atoms with Gasteiger partial charge in [0.05, 0.1) is 0 Å². The van der Waals surface area contributed by atoms with Gasteiger partial charge < -0.3 is 4.74 Å². The van der Waals surface area contributed by atoms with E-state index in [2.05, 4.69) is 0 Å². The topological polar surface area (TPSA) is 26.3 Å². The lowest BCUT2D eigenvalue weighted by Crippen LogP contribution is -2.02. The Bertz CT molecular complexity index is 927. The molecule has 2 nitrogen and oxygen atoms in total. The van der Waals surface area contributed by atoms with Gasteiger partial charge in [0.1, 0.15) is 12.4 Å². The van der Waals surface area contributed by atoms with E-state index in [0.29, 0.717) is 0 Å². The van der Waals surface area contributed by atoms with Crippen LogP contribution in [0.4, 0.5) is 4.39 Å². The Hall–Kier alpha value is -3.20. The van der Waals surface area contributed by atoms with E-state index in [9.17, 15) is 9.18 Å². The summed E-state index contributed by atoms with van der Waals surface area (Å²) in [5.41, 5.74) is 1.61. The third kappa shape index (κ3) is 4.88. The number of ether oxygens (including phenoxy) is 1. The fourth-order valence-electron chi connectivity index (χ4n) is 2.44. The number of carbonyl (C=O) groups excluding carboxylic acids is 1. The zero-order chi connectivity index (χ0) is 17.5. The number of hydrogen-bond acceptors (Lipinski definition) is 2.